The second-order valence-corrected chi connectivity index (χ2v) is 7.46. The van der Waals surface area contributed by atoms with Crippen LogP contribution in [0.3, 0.4) is 0 Å². The van der Waals surface area contributed by atoms with Crippen molar-refractivity contribution in [2.24, 2.45) is 0 Å². The van der Waals surface area contributed by atoms with Gasteiger partial charge >= 0.3 is 0 Å². The van der Waals surface area contributed by atoms with Crippen molar-refractivity contribution < 1.29 is 13.2 Å². The second kappa shape index (κ2) is 7.53. The first-order valence-corrected chi connectivity index (χ1v) is 9.22. The first-order chi connectivity index (χ1) is 10.9. The molecule has 1 atom stereocenters. The van der Waals surface area contributed by atoms with E-state index in [1.54, 1.807) is 25.3 Å². The van der Waals surface area contributed by atoms with E-state index in [2.05, 4.69) is 4.72 Å². The highest BCUT2D eigenvalue weighted by atomic mass is 35.5. The summed E-state index contributed by atoms with van der Waals surface area (Å²) in [7, 11) is -2.21. The molecular formula is C16H17Cl2NO3S. The molecule has 0 aromatic heterocycles. The fourth-order valence-electron chi connectivity index (χ4n) is 2.16. The Hall–Kier alpha value is -1.27. The molecule has 0 fully saturated rings. The molecule has 0 amide bonds. The molecule has 0 aliphatic carbocycles. The Morgan fingerprint density at radius 2 is 1.78 bits per heavy atom. The molecule has 2 aromatic carbocycles. The van der Waals surface area contributed by atoms with Crippen LogP contribution in [0.25, 0.3) is 0 Å². The average molecular weight is 374 g/mol. The normalized spacial score (nSPS) is 12.9. The Balaban J connectivity index is 2.31. The molecule has 23 heavy (non-hydrogen) atoms. The molecule has 0 radical (unpaired) electrons. The summed E-state index contributed by atoms with van der Waals surface area (Å²) in [4.78, 5) is -0.0290. The zero-order valence-corrected chi connectivity index (χ0v) is 15.0. The van der Waals surface area contributed by atoms with Gasteiger partial charge in [0.05, 0.1) is 12.1 Å². The highest BCUT2D eigenvalue weighted by Gasteiger charge is 2.23. The minimum absolute atomic E-state index is 0.0290. The first-order valence-electron chi connectivity index (χ1n) is 6.98. The monoisotopic (exact) mass is 373 g/mol. The number of benzene rings is 2. The number of nitrogens with one attached hydrogen (secondary N) is 1. The van der Waals surface area contributed by atoms with E-state index in [0.29, 0.717) is 17.2 Å². The maximum atomic E-state index is 12.6. The maximum absolute atomic E-state index is 12.6. The number of hydrogen-bond donors (Lipinski definition) is 1. The van der Waals surface area contributed by atoms with Crippen molar-refractivity contribution in [3.05, 3.63) is 58.1 Å². The highest BCUT2D eigenvalue weighted by molar-refractivity contribution is 7.89. The molecule has 0 aliphatic rings. The van der Waals surface area contributed by atoms with E-state index in [9.17, 15) is 8.42 Å². The van der Waals surface area contributed by atoms with E-state index in [1.807, 2.05) is 19.1 Å². The summed E-state index contributed by atoms with van der Waals surface area (Å²) in [5.74, 6) is 0.712. The fourth-order valence-corrected chi connectivity index (χ4v) is 4.23. The predicted molar refractivity (Wildman–Crippen MR) is 92.8 cm³/mol. The molecule has 0 heterocycles. The molecule has 2 rings (SSSR count). The molecular weight excluding hydrogens is 357 g/mol. The van der Waals surface area contributed by atoms with Gasteiger partial charge in [-0.25, -0.2) is 13.1 Å². The SMILES string of the molecule is CC[C@H](NS(=O)(=O)c1cc(Cl)ccc1Cl)c1ccc(OC)cc1. The lowest BCUT2D eigenvalue weighted by Gasteiger charge is -2.18. The quantitative estimate of drug-likeness (QED) is 0.814. The third-order valence-electron chi connectivity index (χ3n) is 3.41. The van der Waals surface area contributed by atoms with Gasteiger partial charge in [-0.1, -0.05) is 42.3 Å². The molecule has 0 aliphatic heterocycles. The molecule has 0 bridgehead atoms. The van der Waals surface area contributed by atoms with Crippen LogP contribution in [-0.4, -0.2) is 15.5 Å². The van der Waals surface area contributed by atoms with Gasteiger partial charge in [0.2, 0.25) is 10.0 Å². The van der Waals surface area contributed by atoms with Crippen molar-refractivity contribution in [1.82, 2.24) is 4.72 Å². The standard InChI is InChI=1S/C16H17Cl2NO3S/c1-3-15(11-4-7-13(22-2)8-5-11)19-23(20,21)16-10-12(17)6-9-14(16)18/h4-10,15,19H,3H2,1-2H3/t15-/m0/s1. The Morgan fingerprint density at radius 1 is 1.13 bits per heavy atom. The van der Waals surface area contributed by atoms with Crippen LogP contribution in [0.15, 0.2) is 47.4 Å². The molecule has 0 saturated heterocycles. The minimum atomic E-state index is -3.79. The average Bonchev–Trinajstić information content (AvgIpc) is 2.55. The lowest BCUT2D eigenvalue weighted by Crippen LogP contribution is -2.28. The van der Waals surface area contributed by atoms with Crippen molar-refractivity contribution in [1.29, 1.82) is 0 Å². The molecule has 1 N–H and O–H groups in total. The van der Waals surface area contributed by atoms with Gasteiger partial charge < -0.3 is 4.74 Å². The lowest BCUT2D eigenvalue weighted by atomic mass is 10.1. The molecule has 7 heteroatoms. The summed E-state index contributed by atoms with van der Waals surface area (Å²) in [5, 5.41) is 0.443. The topological polar surface area (TPSA) is 55.4 Å². The second-order valence-electron chi connectivity index (χ2n) is 4.93. The van der Waals surface area contributed by atoms with Gasteiger partial charge in [0, 0.05) is 11.1 Å². The molecule has 2 aromatic rings. The number of sulfonamides is 1. The van der Waals surface area contributed by atoms with Crippen molar-refractivity contribution in [2.75, 3.05) is 7.11 Å². The summed E-state index contributed by atoms with van der Waals surface area (Å²) < 4.78 is 33.0. The van der Waals surface area contributed by atoms with Crippen LogP contribution in [0.4, 0.5) is 0 Å². The van der Waals surface area contributed by atoms with Gasteiger partial charge in [0.25, 0.3) is 0 Å². The van der Waals surface area contributed by atoms with Crippen molar-refractivity contribution >= 4 is 33.2 Å². The van der Waals surface area contributed by atoms with E-state index in [1.165, 1.54) is 12.1 Å². The molecule has 0 spiro atoms. The van der Waals surface area contributed by atoms with E-state index in [0.717, 1.165) is 5.56 Å². The van der Waals surface area contributed by atoms with Crippen LogP contribution >= 0.6 is 23.2 Å². The Kier molecular flexibility index (Phi) is 5.92. The van der Waals surface area contributed by atoms with Crippen molar-refractivity contribution in [3.63, 3.8) is 0 Å². The van der Waals surface area contributed by atoms with Crippen LogP contribution in [-0.2, 0) is 10.0 Å². The first kappa shape index (κ1) is 18.1. The van der Waals surface area contributed by atoms with E-state index >= 15 is 0 Å². The van der Waals surface area contributed by atoms with Gasteiger partial charge in [0.15, 0.2) is 0 Å². The Morgan fingerprint density at radius 3 is 2.35 bits per heavy atom. The summed E-state index contributed by atoms with van der Waals surface area (Å²) in [5.41, 5.74) is 0.843. The van der Waals surface area contributed by atoms with Gasteiger partial charge in [-0.05, 0) is 42.3 Å². The maximum Gasteiger partial charge on any atom is 0.242 e. The fraction of sp³-hybridized carbons (Fsp3) is 0.250. The van der Waals surface area contributed by atoms with Gasteiger partial charge in [0.1, 0.15) is 10.6 Å². The molecule has 4 nitrogen and oxygen atoms in total. The summed E-state index contributed by atoms with van der Waals surface area (Å²) >= 11 is 11.9. The summed E-state index contributed by atoms with van der Waals surface area (Å²) in [6, 6.07) is 11.2. The van der Waals surface area contributed by atoms with Crippen LogP contribution in [0.2, 0.25) is 10.0 Å². The zero-order chi connectivity index (χ0) is 17.0. The Bertz CT molecular complexity index is 776. The number of rotatable bonds is 6. The molecule has 0 saturated carbocycles. The third-order valence-corrected chi connectivity index (χ3v) is 5.59. The van der Waals surface area contributed by atoms with E-state index in [4.69, 9.17) is 27.9 Å². The lowest BCUT2D eigenvalue weighted by molar-refractivity contribution is 0.414. The number of ether oxygens (including phenoxy) is 1. The Labute approximate surface area is 146 Å². The van der Waals surface area contributed by atoms with Crippen LogP contribution in [0, 0.1) is 0 Å². The van der Waals surface area contributed by atoms with Crippen LogP contribution in [0.5, 0.6) is 5.75 Å². The highest BCUT2D eigenvalue weighted by Crippen LogP contribution is 2.28. The van der Waals surface area contributed by atoms with E-state index in [-0.39, 0.29) is 16.0 Å². The third kappa shape index (κ3) is 4.38. The van der Waals surface area contributed by atoms with Crippen molar-refractivity contribution in [2.45, 2.75) is 24.3 Å². The van der Waals surface area contributed by atoms with E-state index < -0.39 is 10.0 Å². The van der Waals surface area contributed by atoms with Crippen LogP contribution in [0.1, 0.15) is 24.9 Å². The number of hydrogen-bond acceptors (Lipinski definition) is 3. The van der Waals surface area contributed by atoms with Gasteiger partial charge in [-0.3, -0.25) is 0 Å². The summed E-state index contributed by atoms with van der Waals surface area (Å²) in [6.45, 7) is 1.90. The smallest absolute Gasteiger partial charge is 0.242 e. The molecule has 0 unspecified atom stereocenters. The molecule has 124 valence electrons. The number of methoxy groups -OCH3 is 1. The van der Waals surface area contributed by atoms with Crippen molar-refractivity contribution in [3.8, 4) is 5.75 Å². The van der Waals surface area contributed by atoms with Gasteiger partial charge in [-0.15, -0.1) is 0 Å². The largest absolute Gasteiger partial charge is 0.497 e. The predicted octanol–water partition coefficient (Wildman–Crippen LogP) is 4.43. The summed E-state index contributed by atoms with van der Waals surface area (Å²) in [6.07, 6.45) is 0.587. The zero-order valence-electron chi connectivity index (χ0n) is 12.7. The number of halogens is 2. The minimum Gasteiger partial charge on any atom is -0.497 e. The van der Waals surface area contributed by atoms with Gasteiger partial charge in [-0.2, -0.15) is 0 Å². The van der Waals surface area contributed by atoms with Crippen LogP contribution < -0.4 is 9.46 Å².